The van der Waals surface area contributed by atoms with E-state index in [-0.39, 0.29) is 16.4 Å². The number of benzene rings is 2. The monoisotopic (exact) mass is 439 g/mol. The largest absolute Gasteiger partial charge is 0.323 e. The average Bonchev–Trinajstić information content (AvgIpc) is 2.92. The highest BCUT2D eigenvalue weighted by Gasteiger charge is 2.24. The maximum Gasteiger partial charge on any atom is 0.239 e. The van der Waals surface area contributed by atoms with Crippen molar-refractivity contribution in [1.82, 2.24) is 9.78 Å². The van der Waals surface area contributed by atoms with Crippen molar-refractivity contribution >= 4 is 33.0 Å². The zero-order chi connectivity index (χ0) is 21.2. The van der Waals surface area contributed by atoms with Crippen molar-refractivity contribution in [2.45, 2.75) is 12.7 Å². The molecule has 3 rings (SSSR count). The Morgan fingerprint density at radius 2 is 1.86 bits per heavy atom. The average molecular weight is 440 g/mol. The number of para-hydroxylation sites is 1. The van der Waals surface area contributed by atoms with E-state index in [1.165, 1.54) is 4.68 Å². The lowest BCUT2D eigenvalue weighted by molar-refractivity contribution is -0.113. The molecule has 10 heteroatoms. The summed E-state index contributed by atoms with van der Waals surface area (Å²) in [5.74, 6) is -4.16. The van der Waals surface area contributed by atoms with Crippen LogP contribution in [0.4, 0.5) is 14.5 Å². The number of aromatic nitrogens is 2. The molecule has 0 atom stereocenters. The third-order valence-electron chi connectivity index (χ3n) is 4.04. The minimum atomic E-state index is -3.94. The van der Waals surface area contributed by atoms with Crippen LogP contribution in [0.25, 0.3) is 5.69 Å². The standard InChI is InChI=1S/C19H16ClF2N3O3S/c1-12-15(19(20)25(24-12)14-5-3-2-4-6-14)10-29(27,28)11-18(26)23-17-8-7-13(21)9-16(17)22/h2-9H,10-11H2,1H3,(H,23,26). The van der Waals surface area contributed by atoms with Gasteiger partial charge in [0.2, 0.25) is 5.91 Å². The van der Waals surface area contributed by atoms with E-state index < -0.39 is 38.9 Å². The number of hydrogen-bond donors (Lipinski definition) is 1. The molecular formula is C19H16ClF2N3O3S. The lowest BCUT2D eigenvalue weighted by atomic mass is 10.3. The summed E-state index contributed by atoms with van der Waals surface area (Å²) in [6.45, 7) is 1.62. The molecule has 0 spiro atoms. The number of amides is 1. The summed E-state index contributed by atoms with van der Waals surface area (Å²) in [6, 6.07) is 11.5. The predicted octanol–water partition coefficient (Wildman–Crippen LogP) is 3.67. The van der Waals surface area contributed by atoms with E-state index in [9.17, 15) is 22.0 Å². The molecule has 6 nitrogen and oxygen atoms in total. The maximum atomic E-state index is 13.6. The number of rotatable bonds is 6. The number of anilines is 1. The summed E-state index contributed by atoms with van der Waals surface area (Å²) < 4.78 is 52.9. The van der Waals surface area contributed by atoms with Crippen molar-refractivity contribution in [2.24, 2.45) is 0 Å². The zero-order valence-corrected chi connectivity index (χ0v) is 16.8. The zero-order valence-electron chi connectivity index (χ0n) is 15.2. The smallest absolute Gasteiger partial charge is 0.239 e. The molecule has 1 amide bonds. The van der Waals surface area contributed by atoms with Crippen LogP contribution in [0.3, 0.4) is 0 Å². The summed E-state index contributed by atoms with van der Waals surface area (Å²) in [5.41, 5.74) is 1.04. The lowest BCUT2D eigenvalue weighted by Gasteiger charge is -2.08. The van der Waals surface area contributed by atoms with Crippen LogP contribution >= 0.6 is 11.6 Å². The Morgan fingerprint density at radius 1 is 1.17 bits per heavy atom. The maximum absolute atomic E-state index is 13.6. The van der Waals surface area contributed by atoms with Gasteiger partial charge in [0, 0.05) is 11.6 Å². The van der Waals surface area contributed by atoms with Crippen LogP contribution in [0.1, 0.15) is 11.3 Å². The molecule has 0 aliphatic heterocycles. The number of halogens is 3. The predicted molar refractivity (Wildman–Crippen MR) is 106 cm³/mol. The van der Waals surface area contributed by atoms with Crippen molar-refractivity contribution in [3.8, 4) is 5.69 Å². The second-order valence-corrected chi connectivity index (χ2v) is 8.73. The second-order valence-electron chi connectivity index (χ2n) is 6.31. The van der Waals surface area contributed by atoms with Crippen LogP contribution in [0, 0.1) is 18.6 Å². The molecule has 0 saturated heterocycles. The molecule has 1 aromatic heterocycles. The van der Waals surface area contributed by atoms with Crippen molar-refractivity contribution in [3.63, 3.8) is 0 Å². The minimum absolute atomic E-state index is 0.127. The number of sulfone groups is 1. The molecule has 152 valence electrons. The molecule has 0 radical (unpaired) electrons. The Morgan fingerprint density at radius 3 is 2.52 bits per heavy atom. The van der Waals surface area contributed by atoms with Gasteiger partial charge in [0.15, 0.2) is 9.84 Å². The minimum Gasteiger partial charge on any atom is -0.323 e. The van der Waals surface area contributed by atoms with E-state index in [1.54, 1.807) is 31.2 Å². The Kier molecular flexibility index (Phi) is 5.99. The van der Waals surface area contributed by atoms with Crippen LogP contribution in [0.2, 0.25) is 5.15 Å². The molecule has 0 bridgehead atoms. The van der Waals surface area contributed by atoms with Gasteiger partial charge in [-0.15, -0.1) is 0 Å². The van der Waals surface area contributed by atoms with Crippen molar-refractivity contribution < 1.29 is 22.0 Å². The third kappa shape index (κ3) is 4.99. The lowest BCUT2D eigenvalue weighted by Crippen LogP contribution is -2.24. The van der Waals surface area contributed by atoms with Crippen LogP contribution in [0.15, 0.2) is 48.5 Å². The van der Waals surface area contributed by atoms with E-state index in [0.717, 1.165) is 12.1 Å². The van der Waals surface area contributed by atoms with Gasteiger partial charge in [0.1, 0.15) is 22.5 Å². The van der Waals surface area contributed by atoms with Gasteiger partial charge in [-0.2, -0.15) is 5.10 Å². The Hall–Kier alpha value is -2.78. The van der Waals surface area contributed by atoms with Crippen LogP contribution in [0.5, 0.6) is 0 Å². The molecular weight excluding hydrogens is 424 g/mol. The fourth-order valence-corrected chi connectivity index (χ4v) is 4.46. The van der Waals surface area contributed by atoms with Gasteiger partial charge >= 0.3 is 0 Å². The Balaban J connectivity index is 1.76. The third-order valence-corrected chi connectivity index (χ3v) is 5.86. The highest BCUT2D eigenvalue weighted by Crippen LogP contribution is 2.25. The van der Waals surface area contributed by atoms with E-state index in [2.05, 4.69) is 10.4 Å². The molecule has 0 unspecified atom stereocenters. The van der Waals surface area contributed by atoms with Gasteiger partial charge < -0.3 is 5.32 Å². The molecule has 3 aromatic rings. The SMILES string of the molecule is Cc1nn(-c2ccccc2)c(Cl)c1CS(=O)(=O)CC(=O)Nc1ccc(F)cc1F. The second kappa shape index (κ2) is 8.30. The summed E-state index contributed by atoms with van der Waals surface area (Å²) in [4.78, 5) is 12.0. The summed E-state index contributed by atoms with van der Waals surface area (Å²) in [6.07, 6.45) is 0. The number of nitrogens with one attached hydrogen (secondary N) is 1. The normalized spacial score (nSPS) is 11.4. The van der Waals surface area contributed by atoms with E-state index >= 15 is 0 Å². The molecule has 0 saturated carbocycles. The van der Waals surface area contributed by atoms with Crippen LogP contribution in [-0.4, -0.2) is 29.9 Å². The van der Waals surface area contributed by atoms with E-state index in [4.69, 9.17) is 11.6 Å². The summed E-state index contributed by atoms with van der Waals surface area (Å²) >= 11 is 6.32. The highest BCUT2D eigenvalue weighted by atomic mass is 35.5. The molecule has 2 aromatic carbocycles. The molecule has 0 aliphatic rings. The van der Waals surface area contributed by atoms with Gasteiger partial charge in [0.05, 0.1) is 22.8 Å². The number of carbonyl (C=O) groups excluding carboxylic acids is 1. The molecule has 0 aliphatic carbocycles. The van der Waals surface area contributed by atoms with Gasteiger partial charge in [0.25, 0.3) is 0 Å². The fourth-order valence-electron chi connectivity index (χ4n) is 2.68. The van der Waals surface area contributed by atoms with E-state index in [1.807, 2.05) is 6.07 Å². The Labute approximate surface area is 171 Å². The first kappa shape index (κ1) is 20.9. The first-order valence-electron chi connectivity index (χ1n) is 8.41. The van der Waals surface area contributed by atoms with Crippen LogP contribution in [-0.2, 0) is 20.4 Å². The van der Waals surface area contributed by atoms with Gasteiger partial charge in [-0.25, -0.2) is 21.9 Å². The van der Waals surface area contributed by atoms with Gasteiger partial charge in [-0.05, 0) is 31.2 Å². The molecule has 29 heavy (non-hydrogen) atoms. The number of carbonyl (C=O) groups is 1. The number of nitrogens with zero attached hydrogens (tertiary/aromatic N) is 2. The van der Waals surface area contributed by atoms with Crippen molar-refractivity contribution in [2.75, 3.05) is 11.1 Å². The molecule has 0 fully saturated rings. The van der Waals surface area contributed by atoms with Crippen molar-refractivity contribution in [1.29, 1.82) is 0 Å². The first-order chi connectivity index (χ1) is 13.7. The fraction of sp³-hybridized carbons (Fsp3) is 0.158. The quantitative estimate of drug-likeness (QED) is 0.635. The molecule has 1 heterocycles. The number of aryl methyl sites for hydroxylation is 1. The topological polar surface area (TPSA) is 81.1 Å². The summed E-state index contributed by atoms with van der Waals surface area (Å²) in [7, 11) is -3.94. The Bertz CT molecular complexity index is 1160. The summed E-state index contributed by atoms with van der Waals surface area (Å²) in [5, 5.41) is 6.52. The van der Waals surface area contributed by atoms with Gasteiger partial charge in [-0.3, -0.25) is 4.79 Å². The highest BCUT2D eigenvalue weighted by molar-refractivity contribution is 7.91. The van der Waals surface area contributed by atoms with Gasteiger partial charge in [-0.1, -0.05) is 29.8 Å². The first-order valence-corrected chi connectivity index (χ1v) is 10.6. The van der Waals surface area contributed by atoms with E-state index in [0.29, 0.717) is 17.4 Å². The molecule has 1 N–H and O–H groups in total. The number of hydrogen-bond acceptors (Lipinski definition) is 4. The van der Waals surface area contributed by atoms with Crippen LogP contribution < -0.4 is 5.32 Å². The van der Waals surface area contributed by atoms with Crippen molar-refractivity contribution in [3.05, 3.63) is 76.6 Å².